The highest BCUT2D eigenvalue weighted by molar-refractivity contribution is 5.98. The van der Waals surface area contributed by atoms with Crippen LogP contribution in [0.3, 0.4) is 0 Å². The first-order valence-electron chi connectivity index (χ1n) is 12.5. The van der Waals surface area contributed by atoms with Crippen LogP contribution in [0.1, 0.15) is 94.9 Å². The van der Waals surface area contributed by atoms with E-state index in [-0.39, 0.29) is 24.9 Å². The SMILES string of the molecule is CC.CC.CC#CC.CO[C@]1(C)CCCN(C)C(C)C(O)[C@](C)(O)COC(=O)C(C)C(=O)CC1. The fraction of sp³-hybridized carbons (Fsp3) is 0.852. The molecule has 34 heavy (non-hydrogen) atoms. The topological polar surface area (TPSA) is 96.3 Å². The molecule has 202 valence electrons. The average molecular weight is 488 g/mol. The van der Waals surface area contributed by atoms with E-state index in [1.54, 1.807) is 7.11 Å². The van der Waals surface area contributed by atoms with E-state index < -0.39 is 29.2 Å². The maximum absolute atomic E-state index is 12.3. The summed E-state index contributed by atoms with van der Waals surface area (Å²) in [5, 5.41) is 21.0. The predicted molar refractivity (Wildman–Crippen MR) is 140 cm³/mol. The quantitative estimate of drug-likeness (QED) is 0.325. The number of cyclic esters (lactones) is 1. The van der Waals surface area contributed by atoms with Gasteiger partial charge in [0.1, 0.15) is 30.0 Å². The first kappa shape index (κ1) is 37.1. The second kappa shape index (κ2) is 19.8. The number of methoxy groups -OCH3 is 1. The molecule has 0 saturated carbocycles. The minimum Gasteiger partial charge on any atom is -0.462 e. The lowest BCUT2D eigenvalue weighted by Gasteiger charge is -2.37. The van der Waals surface area contributed by atoms with E-state index in [0.717, 1.165) is 12.8 Å². The zero-order valence-electron chi connectivity index (χ0n) is 23.9. The summed E-state index contributed by atoms with van der Waals surface area (Å²) >= 11 is 0. The Kier molecular flexibility index (Phi) is 21.6. The molecule has 2 N–H and O–H groups in total. The molecule has 1 aliphatic heterocycles. The second-order valence-corrected chi connectivity index (χ2v) is 8.58. The number of carbonyl (C=O) groups excluding carboxylic acids is 2. The molecule has 0 aromatic rings. The van der Waals surface area contributed by atoms with E-state index in [4.69, 9.17) is 9.47 Å². The Morgan fingerprint density at radius 1 is 1.06 bits per heavy atom. The molecule has 7 heteroatoms. The number of carbonyl (C=O) groups is 2. The Bertz CT molecular complexity index is 604. The summed E-state index contributed by atoms with van der Waals surface area (Å²) in [5.41, 5.74) is -2.05. The highest BCUT2D eigenvalue weighted by atomic mass is 16.5. The third-order valence-corrected chi connectivity index (χ3v) is 5.99. The van der Waals surface area contributed by atoms with Crippen molar-refractivity contribution in [1.82, 2.24) is 4.90 Å². The van der Waals surface area contributed by atoms with Crippen molar-refractivity contribution in [2.24, 2.45) is 5.92 Å². The van der Waals surface area contributed by atoms with Crippen LogP contribution in [0.15, 0.2) is 0 Å². The van der Waals surface area contributed by atoms with Gasteiger partial charge in [-0.1, -0.05) is 27.7 Å². The highest BCUT2D eigenvalue weighted by Crippen LogP contribution is 2.26. The van der Waals surface area contributed by atoms with Gasteiger partial charge in [-0.05, 0) is 74.4 Å². The Labute approximate surface area is 209 Å². The molecule has 1 saturated heterocycles. The van der Waals surface area contributed by atoms with Crippen LogP contribution in [0.4, 0.5) is 0 Å². The van der Waals surface area contributed by atoms with Crippen molar-refractivity contribution in [2.45, 2.75) is 118 Å². The molecule has 0 bridgehead atoms. The molecule has 1 aliphatic rings. The summed E-state index contributed by atoms with van der Waals surface area (Å²) in [5.74, 6) is 3.56. The molecule has 7 nitrogen and oxygen atoms in total. The Morgan fingerprint density at radius 2 is 1.56 bits per heavy atom. The molecule has 1 rings (SSSR count). The number of nitrogens with zero attached hydrogens (tertiary/aromatic N) is 1. The molecule has 1 fully saturated rings. The third kappa shape index (κ3) is 14.1. The number of aliphatic hydroxyl groups excluding tert-OH is 1. The lowest BCUT2D eigenvalue weighted by atomic mass is 9.90. The lowest BCUT2D eigenvalue weighted by Crippen LogP contribution is -2.54. The summed E-state index contributed by atoms with van der Waals surface area (Å²) in [6.45, 7) is 18.7. The van der Waals surface area contributed by atoms with Crippen LogP contribution in [-0.2, 0) is 19.1 Å². The normalized spacial score (nSPS) is 31.2. The van der Waals surface area contributed by atoms with Crippen LogP contribution in [0.2, 0.25) is 0 Å². The van der Waals surface area contributed by atoms with E-state index >= 15 is 0 Å². The summed E-state index contributed by atoms with van der Waals surface area (Å²) < 4.78 is 10.7. The number of aliphatic hydroxyl groups is 2. The number of hydrogen-bond donors (Lipinski definition) is 2. The van der Waals surface area contributed by atoms with Gasteiger partial charge in [0.25, 0.3) is 0 Å². The van der Waals surface area contributed by atoms with E-state index in [1.807, 2.05) is 67.3 Å². The van der Waals surface area contributed by atoms with Gasteiger partial charge in [0.15, 0.2) is 0 Å². The van der Waals surface area contributed by atoms with Crippen molar-refractivity contribution in [3.8, 4) is 11.8 Å². The molecular weight excluding hydrogens is 434 g/mol. The van der Waals surface area contributed by atoms with Crippen molar-refractivity contribution in [1.29, 1.82) is 0 Å². The fourth-order valence-electron chi connectivity index (χ4n) is 3.16. The van der Waals surface area contributed by atoms with Crippen molar-refractivity contribution < 1.29 is 29.3 Å². The van der Waals surface area contributed by atoms with Gasteiger partial charge >= 0.3 is 5.97 Å². The van der Waals surface area contributed by atoms with Gasteiger partial charge in [0.2, 0.25) is 0 Å². The zero-order chi connectivity index (χ0) is 27.5. The zero-order valence-corrected chi connectivity index (χ0v) is 23.9. The molecule has 5 atom stereocenters. The number of Topliss-reactive ketones (excluding diaryl/α,β-unsaturated/α-hetero) is 1. The molecule has 0 aliphatic carbocycles. The van der Waals surface area contributed by atoms with E-state index in [2.05, 4.69) is 11.8 Å². The monoisotopic (exact) mass is 487 g/mol. The van der Waals surface area contributed by atoms with Gasteiger partial charge in [-0.2, -0.15) is 0 Å². The smallest absolute Gasteiger partial charge is 0.316 e. The summed E-state index contributed by atoms with van der Waals surface area (Å²) in [6, 6.07) is -0.332. The maximum atomic E-state index is 12.3. The minimum atomic E-state index is -1.60. The number of hydrogen-bond acceptors (Lipinski definition) is 7. The molecule has 0 spiro atoms. The largest absolute Gasteiger partial charge is 0.462 e. The van der Waals surface area contributed by atoms with E-state index in [0.29, 0.717) is 13.0 Å². The molecule has 0 aromatic carbocycles. The lowest BCUT2D eigenvalue weighted by molar-refractivity contribution is -0.167. The van der Waals surface area contributed by atoms with Gasteiger partial charge in [0, 0.05) is 19.6 Å². The molecule has 0 aromatic heterocycles. The Hall–Kier alpha value is -1.46. The Balaban J connectivity index is -0.00000106. The third-order valence-electron chi connectivity index (χ3n) is 5.99. The number of esters is 1. The Morgan fingerprint density at radius 3 is 2.00 bits per heavy atom. The molecule has 0 radical (unpaired) electrons. The molecular formula is C27H53NO6. The van der Waals surface area contributed by atoms with Crippen LogP contribution in [0.25, 0.3) is 0 Å². The van der Waals surface area contributed by atoms with Gasteiger partial charge in [-0.15, -0.1) is 11.8 Å². The summed E-state index contributed by atoms with van der Waals surface area (Å²) in [6.07, 6.45) is 1.22. The molecule has 3 unspecified atom stereocenters. The van der Waals surface area contributed by atoms with Crippen molar-refractivity contribution in [3.05, 3.63) is 0 Å². The van der Waals surface area contributed by atoms with Crippen LogP contribution in [0.5, 0.6) is 0 Å². The second-order valence-electron chi connectivity index (χ2n) is 8.58. The van der Waals surface area contributed by atoms with Gasteiger partial charge in [0.05, 0.1) is 5.60 Å². The number of rotatable bonds is 1. The summed E-state index contributed by atoms with van der Waals surface area (Å²) in [7, 11) is 3.51. The molecule has 0 amide bonds. The van der Waals surface area contributed by atoms with Crippen molar-refractivity contribution in [3.63, 3.8) is 0 Å². The van der Waals surface area contributed by atoms with Crippen LogP contribution < -0.4 is 0 Å². The number of likely N-dealkylation sites (N-methyl/N-ethyl adjacent to an activating group) is 1. The van der Waals surface area contributed by atoms with Crippen molar-refractivity contribution >= 4 is 11.8 Å². The van der Waals surface area contributed by atoms with E-state index in [1.165, 1.54) is 13.8 Å². The fourth-order valence-corrected chi connectivity index (χ4v) is 3.16. The number of ether oxygens (including phenoxy) is 2. The van der Waals surface area contributed by atoms with Crippen LogP contribution in [-0.4, -0.2) is 77.5 Å². The average Bonchev–Trinajstić information content (AvgIpc) is 2.86. The highest BCUT2D eigenvalue weighted by Gasteiger charge is 2.38. The van der Waals surface area contributed by atoms with Gasteiger partial charge in [-0.3, -0.25) is 9.59 Å². The molecule has 1 heterocycles. The van der Waals surface area contributed by atoms with E-state index in [9.17, 15) is 19.8 Å². The van der Waals surface area contributed by atoms with Gasteiger partial charge in [-0.25, -0.2) is 0 Å². The van der Waals surface area contributed by atoms with Crippen LogP contribution in [0, 0.1) is 17.8 Å². The predicted octanol–water partition coefficient (Wildman–Crippen LogP) is 4.23. The van der Waals surface area contributed by atoms with Crippen LogP contribution >= 0.6 is 0 Å². The first-order chi connectivity index (χ1) is 15.8. The first-order valence-corrected chi connectivity index (χ1v) is 12.5. The summed E-state index contributed by atoms with van der Waals surface area (Å²) in [4.78, 5) is 26.4. The minimum absolute atomic E-state index is 0.209. The number of ketones is 1. The van der Waals surface area contributed by atoms with Gasteiger partial charge < -0.3 is 24.6 Å². The standard InChI is InChI=1S/C19H35NO6.C4H6.2C2H6/c1-13-15(21)8-10-18(3,25-6)9-7-11-20(5)14(2)16(22)19(4,24)12-26-17(13)23;1-3-4-2;2*1-2/h13-14,16,22,24H,7-12H2,1-6H3;1-2H3;2*1-2H3/t13?,14?,16?,18-,19-;;;/m1.../s1. The maximum Gasteiger partial charge on any atom is 0.316 e. The van der Waals surface area contributed by atoms with Crippen molar-refractivity contribution in [2.75, 3.05) is 27.3 Å².